The maximum absolute atomic E-state index is 12.7. The molecule has 0 bridgehead atoms. The number of thioether (sulfide) groups is 1. The van der Waals surface area contributed by atoms with Gasteiger partial charge in [-0.3, -0.25) is 9.59 Å². The molecule has 1 aliphatic rings. The van der Waals surface area contributed by atoms with Crippen LogP contribution in [0, 0.1) is 0 Å². The van der Waals surface area contributed by atoms with Crippen molar-refractivity contribution in [1.82, 2.24) is 9.97 Å². The molecule has 3 heterocycles. The van der Waals surface area contributed by atoms with E-state index in [1.165, 1.54) is 18.7 Å². The van der Waals surface area contributed by atoms with Crippen LogP contribution in [0.15, 0.2) is 64.2 Å². The highest BCUT2D eigenvalue weighted by atomic mass is 32.2. The van der Waals surface area contributed by atoms with Crippen molar-refractivity contribution < 1.29 is 23.5 Å². The molecule has 1 aliphatic heterocycles. The third-order valence-corrected chi connectivity index (χ3v) is 5.81. The van der Waals surface area contributed by atoms with E-state index < -0.39 is 0 Å². The molecule has 0 fully saturated rings. The van der Waals surface area contributed by atoms with Crippen LogP contribution >= 0.6 is 11.8 Å². The van der Waals surface area contributed by atoms with E-state index in [1.807, 2.05) is 24.3 Å². The number of Topliss-reactive ketones (excluding diaryl/α,β-unsaturated/α-hetero) is 1. The predicted molar refractivity (Wildman–Crippen MR) is 119 cm³/mol. The van der Waals surface area contributed by atoms with Gasteiger partial charge in [-0.2, -0.15) is 0 Å². The number of fused-ring (bicyclic) bond motifs is 2. The van der Waals surface area contributed by atoms with E-state index >= 15 is 0 Å². The normalized spacial score (nSPS) is 12.2. The fourth-order valence-corrected chi connectivity index (χ4v) is 4.15. The van der Waals surface area contributed by atoms with Gasteiger partial charge in [-0.1, -0.05) is 30.0 Å². The third-order valence-electron chi connectivity index (χ3n) is 4.82. The van der Waals surface area contributed by atoms with Crippen LogP contribution in [0.2, 0.25) is 0 Å². The second-order valence-corrected chi connectivity index (χ2v) is 7.95. The van der Waals surface area contributed by atoms with Crippen LogP contribution in [0.1, 0.15) is 17.3 Å². The summed E-state index contributed by atoms with van der Waals surface area (Å²) >= 11 is 1.28. The van der Waals surface area contributed by atoms with Crippen LogP contribution in [0.5, 0.6) is 11.5 Å². The molecule has 0 spiro atoms. The summed E-state index contributed by atoms with van der Waals surface area (Å²) in [5.74, 6) is 1.60. The lowest BCUT2D eigenvalue weighted by atomic mass is 10.1. The molecule has 0 atom stereocenters. The van der Waals surface area contributed by atoms with Gasteiger partial charge in [0.1, 0.15) is 5.03 Å². The molecule has 2 aromatic heterocycles. The summed E-state index contributed by atoms with van der Waals surface area (Å²) in [5, 5.41) is 4.31. The molecular weight excluding hydrogens is 430 g/mol. The first-order valence-corrected chi connectivity index (χ1v) is 10.7. The molecule has 0 aliphatic carbocycles. The van der Waals surface area contributed by atoms with Crippen LogP contribution in [0.4, 0.5) is 5.69 Å². The van der Waals surface area contributed by atoms with Crippen molar-refractivity contribution in [2.45, 2.75) is 11.9 Å². The van der Waals surface area contributed by atoms with E-state index in [4.69, 9.17) is 13.9 Å². The van der Waals surface area contributed by atoms with Crippen molar-refractivity contribution in [3.63, 3.8) is 0 Å². The van der Waals surface area contributed by atoms with Gasteiger partial charge < -0.3 is 19.2 Å². The number of hydrogen-bond acceptors (Lipinski definition) is 8. The maximum atomic E-state index is 12.7. The first-order valence-electron chi connectivity index (χ1n) is 9.76. The zero-order valence-corrected chi connectivity index (χ0v) is 17.8. The summed E-state index contributed by atoms with van der Waals surface area (Å²) in [6, 6.07) is 14.3. The van der Waals surface area contributed by atoms with Gasteiger partial charge in [0.2, 0.25) is 12.7 Å². The number of aromatic nitrogens is 2. The van der Waals surface area contributed by atoms with Gasteiger partial charge in [-0.15, -0.1) is 0 Å². The summed E-state index contributed by atoms with van der Waals surface area (Å²) < 4.78 is 16.1. The van der Waals surface area contributed by atoms with Gasteiger partial charge in [0, 0.05) is 17.0 Å². The molecule has 9 heteroatoms. The SMILES string of the molecule is CC(=O)c1cc2c(cc1NC(=O)CSc1nc(-c3ccco3)nc3ccccc13)OCO2. The van der Waals surface area contributed by atoms with E-state index in [-0.39, 0.29) is 24.2 Å². The molecule has 1 N–H and O–H groups in total. The summed E-state index contributed by atoms with van der Waals surface area (Å²) in [6.07, 6.45) is 1.56. The summed E-state index contributed by atoms with van der Waals surface area (Å²) in [7, 11) is 0. The Bertz CT molecular complexity index is 1340. The average Bonchev–Trinajstić information content (AvgIpc) is 3.48. The summed E-state index contributed by atoms with van der Waals surface area (Å²) in [6.45, 7) is 1.52. The van der Waals surface area contributed by atoms with Crippen molar-refractivity contribution >= 4 is 40.0 Å². The minimum absolute atomic E-state index is 0.0821. The van der Waals surface area contributed by atoms with Crippen molar-refractivity contribution in [1.29, 1.82) is 0 Å². The van der Waals surface area contributed by atoms with Crippen LogP contribution in [0.3, 0.4) is 0 Å². The molecule has 2 aromatic carbocycles. The van der Waals surface area contributed by atoms with Gasteiger partial charge in [0.15, 0.2) is 28.9 Å². The number of benzene rings is 2. The third kappa shape index (κ3) is 3.90. The minimum Gasteiger partial charge on any atom is -0.461 e. The van der Waals surface area contributed by atoms with Crippen molar-refractivity contribution in [2.24, 2.45) is 0 Å². The van der Waals surface area contributed by atoms with Crippen LogP contribution in [-0.2, 0) is 4.79 Å². The van der Waals surface area contributed by atoms with Gasteiger partial charge in [-0.05, 0) is 31.2 Å². The highest BCUT2D eigenvalue weighted by molar-refractivity contribution is 8.00. The predicted octanol–water partition coefficient (Wildman–Crippen LogP) is 4.55. The molecule has 0 saturated heterocycles. The standard InChI is InChI=1S/C23H17N3O5S/c1-13(27)15-9-19-20(31-12-30-19)10-17(15)24-21(28)11-32-23-14-5-2-3-6-16(14)25-22(26-23)18-7-4-8-29-18/h2-10H,11-12H2,1H3,(H,24,28). The van der Waals surface area contributed by atoms with Crippen LogP contribution < -0.4 is 14.8 Å². The number of carbonyl (C=O) groups excluding carboxylic acids is 2. The molecule has 1 amide bonds. The zero-order valence-electron chi connectivity index (χ0n) is 17.0. The van der Waals surface area contributed by atoms with E-state index in [0.717, 1.165) is 10.9 Å². The van der Waals surface area contributed by atoms with Crippen molar-refractivity contribution in [2.75, 3.05) is 17.9 Å². The minimum atomic E-state index is -0.279. The first-order chi connectivity index (χ1) is 15.6. The second kappa shape index (κ2) is 8.35. The Balaban J connectivity index is 1.39. The second-order valence-electron chi connectivity index (χ2n) is 6.99. The first kappa shape index (κ1) is 20.1. The molecule has 8 nitrogen and oxygen atoms in total. The number of nitrogens with zero attached hydrogens (tertiary/aromatic N) is 2. The van der Waals surface area contributed by atoms with Gasteiger partial charge in [0.05, 0.1) is 23.2 Å². The number of ether oxygens (including phenoxy) is 2. The summed E-state index contributed by atoms with van der Waals surface area (Å²) in [4.78, 5) is 33.9. The van der Waals surface area contributed by atoms with E-state index in [1.54, 1.807) is 30.5 Å². The molecule has 5 rings (SSSR count). The lowest BCUT2D eigenvalue weighted by Gasteiger charge is -2.11. The number of carbonyl (C=O) groups is 2. The number of anilines is 1. The Morgan fingerprint density at radius 2 is 1.88 bits per heavy atom. The number of ketones is 1. The van der Waals surface area contributed by atoms with E-state index in [2.05, 4.69) is 15.3 Å². The largest absolute Gasteiger partial charge is 0.461 e. The van der Waals surface area contributed by atoms with E-state index in [9.17, 15) is 9.59 Å². The molecule has 0 radical (unpaired) electrons. The van der Waals surface area contributed by atoms with Crippen molar-refractivity contribution in [3.8, 4) is 23.1 Å². The Morgan fingerprint density at radius 3 is 2.66 bits per heavy atom. The topological polar surface area (TPSA) is 104 Å². The average molecular weight is 447 g/mol. The van der Waals surface area contributed by atoms with Gasteiger partial charge >= 0.3 is 0 Å². The number of hydrogen-bond donors (Lipinski definition) is 1. The highest BCUT2D eigenvalue weighted by Crippen LogP contribution is 2.37. The monoisotopic (exact) mass is 447 g/mol. The maximum Gasteiger partial charge on any atom is 0.234 e. The molecule has 0 saturated carbocycles. The molecule has 4 aromatic rings. The zero-order chi connectivity index (χ0) is 22.1. The molecule has 32 heavy (non-hydrogen) atoms. The fourth-order valence-electron chi connectivity index (χ4n) is 3.33. The Hall–Kier alpha value is -3.85. The summed E-state index contributed by atoms with van der Waals surface area (Å²) in [5.41, 5.74) is 1.50. The lowest BCUT2D eigenvalue weighted by Crippen LogP contribution is -2.16. The lowest BCUT2D eigenvalue weighted by molar-refractivity contribution is -0.113. The van der Waals surface area contributed by atoms with Gasteiger partial charge in [-0.25, -0.2) is 9.97 Å². The number of rotatable bonds is 6. The van der Waals surface area contributed by atoms with Crippen LogP contribution in [-0.4, -0.2) is 34.2 Å². The molecule has 160 valence electrons. The van der Waals surface area contributed by atoms with Gasteiger partial charge in [0.25, 0.3) is 0 Å². The number of para-hydroxylation sites is 1. The van der Waals surface area contributed by atoms with E-state index in [0.29, 0.717) is 39.4 Å². The number of amides is 1. The van der Waals surface area contributed by atoms with Crippen molar-refractivity contribution in [3.05, 3.63) is 60.4 Å². The Labute approximate surface area is 187 Å². The molecular formula is C23H17N3O5S. The van der Waals surface area contributed by atoms with Crippen LogP contribution in [0.25, 0.3) is 22.5 Å². The Morgan fingerprint density at radius 1 is 1.06 bits per heavy atom. The quantitative estimate of drug-likeness (QED) is 0.261. The Kier molecular flexibility index (Phi) is 5.24. The smallest absolute Gasteiger partial charge is 0.234 e. The number of nitrogens with one attached hydrogen (secondary N) is 1. The molecule has 0 unspecified atom stereocenters. The number of furan rings is 1. The highest BCUT2D eigenvalue weighted by Gasteiger charge is 2.21. The fraction of sp³-hybridized carbons (Fsp3) is 0.130.